The Labute approximate surface area is 119 Å². The molecule has 2 atom stereocenters. The Hall–Kier alpha value is -1.05. The number of rotatable bonds is 7. The number of benzene rings is 1. The Morgan fingerprint density at radius 2 is 2.26 bits per heavy atom. The number of thioether (sulfide) groups is 1. The monoisotopic (exact) mass is 280 g/mol. The van der Waals surface area contributed by atoms with Crippen LogP contribution in [0.4, 0.5) is 4.39 Å². The highest BCUT2D eigenvalue weighted by atomic mass is 32.2. The van der Waals surface area contributed by atoms with Crippen LogP contribution in [0.15, 0.2) is 29.2 Å². The van der Waals surface area contributed by atoms with Gasteiger partial charge in [0.2, 0.25) is 0 Å². The second-order valence-corrected chi connectivity index (χ2v) is 6.47. The average molecular weight is 280 g/mol. The number of nitrogens with zero attached hydrogens (tertiary/aromatic N) is 1. The van der Waals surface area contributed by atoms with Crippen molar-refractivity contribution < 1.29 is 4.39 Å². The van der Waals surface area contributed by atoms with Crippen molar-refractivity contribution in [3.8, 4) is 6.07 Å². The summed E-state index contributed by atoms with van der Waals surface area (Å²) in [6, 6.07) is 8.92. The molecule has 104 valence electrons. The van der Waals surface area contributed by atoms with E-state index in [0.717, 1.165) is 24.3 Å². The zero-order valence-electron chi connectivity index (χ0n) is 11.7. The molecule has 1 aromatic carbocycles. The number of hydrogen-bond donors (Lipinski definition) is 1. The summed E-state index contributed by atoms with van der Waals surface area (Å²) in [4.78, 5) is 0.906. The third kappa shape index (κ3) is 5.63. The fourth-order valence-corrected chi connectivity index (χ4v) is 3.17. The SMILES string of the molecule is CCCNC(C)(C#N)CC(C)Sc1cccc(F)c1. The van der Waals surface area contributed by atoms with Crippen molar-refractivity contribution in [2.45, 2.75) is 49.3 Å². The van der Waals surface area contributed by atoms with Crippen molar-refractivity contribution in [3.63, 3.8) is 0 Å². The lowest BCUT2D eigenvalue weighted by atomic mass is 9.98. The molecule has 0 aliphatic heterocycles. The van der Waals surface area contributed by atoms with E-state index in [1.54, 1.807) is 17.8 Å². The topological polar surface area (TPSA) is 35.8 Å². The first-order valence-corrected chi connectivity index (χ1v) is 7.45. The summed E-state index contributed by atoms with van der Waals surface area (Å²) < 4.78 is 13.1. The smallest absolute Gasteiger partial charge is 0.124 e. The van der Waals surface area contributed by atoms with Gasteiger partial charge in [0.25, 0.3) is 0 Å². The summed E-state index contributed by atoms with van der Waals surface area (Å²) in [7, 11) is 0. The quantitative estimate of drug-likeness (QED) is 0.767. The fourth-order valence-electron chi connectivity index (χ4n) is 1.95. The van der Waals surface area contributed by atoms with E-state index in [0.29, 0.717) is 0 Å². The van der Waals surface area contributed by atoms with E-state index in [2.05, 4.69) is 25.2 Å². The van der Waals surface area contributed by atoms with Crippen LogP contribution in [0.2, 0.25) is 0 Å². The molecule has 0 amide bonds. The highest BCUT2D eigenvalue weighted by Gasteiger charge is 2.25. The standard InChI is InChI=1S/C15H21FN2S/c1-4-8-18-15(3,11-17)10-12(2)19-14-7-5-6-13(16)9-14/h5-7,9,12,18H,4,8,10H2,1-3H3. The van der Waals surface area contributed by atoms with Crippen LogP contribution < -0.4 is 5.32 Å². The van der Waals surface area contributed by atoms with E-state index >= 15 is 0 Å². The molecule has 1 rings (SSSR count). The number of nitriles is 1. The van der Waals surface area contributed by atoms with Gasteiger partial charge >= 0.3 is 0 Å². The first-order valence-electron chi connectivity index (χ1n) is 6.57. The van der Waals surface area contributed by atoms with Gasteiger partial charge in [0.05, 0.1) is 6.07 Å². The van der Waals surface area contributed by atoms with Crippen LogP contribution in [0.5, 0.6) is 0 Å². The maximum absolute atomic E-state index is 13.1. The van der Waals surface area contributed by atoms with Crippen LogP contribution in [-0.2, 0) is 0 Å². The van der Waals surface area contributed by atoms with Crippen molar-refractivity contribution in [2.75, 3.05) is 6.54 Å². The lowest BCUT2D eigenvalue weighted by Crippen LogP contribution is -2.43. The van der Waals surface area contributed by atoms with Gasteiger partial charge in [-0.3, -0.25) is 5.32 Å². The molecule has 0 saturated heterocycles. The Kier molecular flexibility index (Phi) is 6.33. The largest absolute Gasteiger partial charge is 0.300 e. The Morgan fingerprint density at radius 1 is 1.53 bits per heavy atom. The summed E-state index contributed by atoms with van der Waals surface area (Å²) in [6.45, 7) is 6.90. The summed E-state index contributed by atoms with van der Waals surface area (Å²) in [5.41, 5.74) is -0.518. The first kappa shape index (κ1) is 16.0. The maximum Gasteiger partial charge on any atom is 0.124 e. The molecule has 0 spiro atoms. The van der Waals surface area contributed by atoms with Crippen LogP contribution in [-0.4, -0.2) is 17.3 Å². The third-order valence-electron chi connectivity index (χ3n) is 2.84. The highest BCUT2D eigenvalue weighted by Crippen LogP contribution is 2.28. The summed E-state index contributed by atoms with van der Waals surface area (Å²) in [5.74, 6) is -0.218. The van der Waals surface area contributed by atoms with Crippen LogP contribution in [0, 0.1) is 17.1 Å². The van der Waals surface area contributed by atoms with Gasteiger partial charge in [0.1, 0.15) is 11.4 Å². The second-order valence-electron chi connectivity index (χ2n) is 4.96. The highest BCUT2D eigenvalue weighted by molar-refractivity contribution is 7.99. The van der Waals surface area contributed by atoms with Gasteiger partial charge in [-0.15, -0.1) is 11.8 Å². The van der Waals surface area contributed by atoms with Gasteiger partial charge in [-0.1, -0.05) is 19.9 Å². The molecule has 1 aromatic rings. The van der Waals surface area contributed by atoms with E-state index in [-0.39, 0.29) is 11.1 Å². The summed E-state index contributed by atoms with van der Waals surface area (Å²) >= 11 is 1.60. The van der Waals surface area contributed by atoms with E-state index in [1.807, 2.05) is 13.0 Å². The van der Waals surface area contributed by atoms with Crippen molar-refractivity contribution in [3.05, 3.63) is 30.1 Å². The molecule has 0 aromatic heterocycles. The van der Waals surface area contributed by atoms with Crippen molar-refractivity contribution in [1.29, 1.82) is 5.26 Å². The normalized spacial score (nSPS) is 15.5. The average Bonchev–Trinajstić information content (AvgIpc) is 2.36. The Balaban J connectivity index is 2.58. The molecule has 0 saturated carbocycles. The number of nitrogens with one attached hydrogen (secondary N) is 1. The molecule has 0 heterocycles. The van der Waals surface area contributed by atoms with E-state index in [9.17, 15) is 9.65 Å². The summed E-state index contributed by atoms with van der Waals surface area (Å²) in [6.07, 6.45) is 1.73. The van der Waals surface area contributed by atoms with Crippen LogP contribution in [0.1, 0.15) is 33.6 Å². The number of hydrogen-bond acceptors (Lipinski definition) is 3. The minimum Gasteiger partial charge on any atom is -0.300 e. The molecule has 0 fully saturated rings. The predicted octanol–water partition coefficient (Wildman–Crippen LogP) is 3.98. The zero-order chi connectivity index (χ0) is 14.3. The lowest BCUT2D eigenvalue weighted by molar-refractivity contribution is 0.418. The van der Waals surface area contributed by atoms with Crippen LogP contribution >= 0.6 is 11.8 Å². The third-order valence-corrected chi connectivity index (χ3v) is 3.94. The molecule has 0 aliphatic rings. The Morgan fingerprint density at radius 3 is 2.84 bits per heavy atom. The molecule has 0 radical (unpaired) electrons. The van der Waals surface area contributed by atoms with Crippen molar-refractivity contribution >= 4 is 11.8 Å². The minimum atomic E-state index is -0.518. The van der Waals surface area contributed by atoms with Crippen LogP contribution in [0.25, 0.3) is 0 Å². The van der Waals surface area contributed by atoms with Crippen molar-refractivity contribution in [2.24, 2.45) is 0 Å². The first-order chi connectivity index (χ1) is 8.99. The minimum absolute atomic E-state index is 0.218. The van der Waals surface area contributed by atoms with Crippen molar-refractivity contribution in [1.82, 2.24) is 5.32 Å². The Bertz CT molecular complexity index is 444. The van der Waals surface area contributed by atoms with E-state index in [4.69, 9.17) is 0 Å². The molecule has 1 N–H and O–H groups in total. The molecule has 4 heteroatoms. The van der Waals surface area contributed by atoms with Gasteiger partial charge in [0.15, 0.2) is 0 Å². The van der Waals surface area contributed by atoms with Gasteiger partial charge in [-0.05, 0) is 44.5 Å². The van der Waals surface area contributed by atoms with Gasteiger partial charge < -0.3 is 0 Å². The lowest BCUT2D eigenvalue weighted by Gasteiger charge is -2.26. The van der Waals surface area contributed by atoms with Gasteiger partial charge in [-0.25, -0.2) is 4.39 Å². The zero-order valence-corrected chi connectivity index (χ0v) is 12.6. The molecule has 2 nitrogen and oxygen atoms in total. The van der Waals surface area contributed by atoms with Gasteiger partial charge in [0, 0.05) is 10.1 Å². The van der Waals surface area contributed by atoms with Gasteiger partial charge in [-0.2, -0.15) is 5.26 Å². The molecule has 19 heavy (non-hydrogen) atoms. The summed E-state index contributed by atoms with van der Waals surface area (Å²) in [5, 5.41) is 12.8. The second kappa shape index (κ2) is 7.52. The van der Waals surface area contributed by atoms with E-state index < -0.39 is 5.54 Å². The maximum atomic E-state index is 13.1. The molecule has 0 aliphatic carbocycles. The van der Waals surface area contributed by atoms with Crippen LogP contribution in [0.3, 0.4) is 0 Å². The molecule has 2 unspecified atom stereocenters. The van der Waals surface area contributed by atoms with E-state index in [1.165, 1.54) is 12.1 Å². The fraction of sp³-hybridized carbons (Fsp3) is 0.533. The molecule has 0 bridgehead atoms. The molecular formula is C15H21FN2S. The predicted molar refractivity (Wildman–Crippen MR) is 78.6 cm³/mol. The molecular weight excluding hydrogens is 259 g/mol. The number of halogens is 1.